The number of amides is 1. The van der Waals surface area contributed by atoms with E-state index in [1.807, 2.05) is 23.7 Å². The number of nitrogens with one attached hydrogen (secondary N) is 1. The van der Waals surface area contributed by atoms with Gasteiger partial charge in [-0.25, -0.2) is 14.6 Å². The Morgan fingerprint density at radius 3 is 2.46 bits per heavy atom. The molecule has 1 aromatic heterocycles. The van der Waals surface area contributed by atoms with E-state index in [0.717, 1.165) is 10.7 Å². The molecule has 0 spiro atoms. The molecule has 4 rings (SSSR count). The van der Waals surface area contributed by atoms with Crippen LogP contribution in [0.25, 0.3) is 0 Å². The van der Waals surface area contributed by atoms with Gasteiger partial charge in [0.1, 0.15) is 12.1 Å². The Balaban J connectivity index is 1.32. The standard InChI is InChI=1S/C26H22FN5O4S/c1-32-16-29-31-26(32)37-15-17-3-6-19(7-4-17)24(33)30-28-14-18-5-12-22(23(13-18)35-2)36-25(34)20-8-10-21(27)11-9-20/h3-14,16H,15H2,1-2H3,(H,30,33)/b28-14+. The number of carbonyl (C=O) groups is 2. The number of nitrogens with zero attached hydrogens (tertiary/aromatic N) is 4. The van der Waals surface area contributed by atoms with Gasteiger partial charge < -0.3 is 14.0 Å². The number of carbonyl (C=O) groups excluding carboxylic acids is 2. The van der Waals surface area contributed by atoms with Crippen molar-refractivity contribution in [3.8, 4) is 11.5 Å². The molecule has 1 N–H and O–H groups in total. The van der Waals surface area contributed by atoms with Gasteiger partial charge in [0, 0.05) is 18.4 Å². The zero-order chi connectivity index (χ0) is 26.2. The lowest BCUT2D eigenvalue weighted by Crippen LogP contribution is -2.17. The molecule has 0 bridgehead atoms. The molecule has 3 aromatic carbocycles. The van der Waals surface area contributed by atoms with Crippen molar-refractivity contribution < 1.29 is 23.5 Å². The van der Waals surface area contributed by atoms with Crippen LogP contribution in [-0.2, 0) is 12.8 Å². The minimum atomic E-state index is -0.648. The highest BCUT2D eigenvalue weighted by Crippen LogP contribution is 2.28. The summed E-state index contributed by atoms with van der Waals surface area (Å²) >= 11 is 1.55. The van der Waals surface area contributed by atoms with Gasteiger partial charge >= 0.3 is 5.97 Å². The number of hydrazone groups is 1. The lowest BCUT2D eigenvalue weighted by atomic mass is 10.1. The molecule has 1 heterocycles. The number of rotatable bonds is 9. The first-order valence-corrected chi connectivity index (χ1v) is 12.0. The van der Waals surface area contributed by atoms with Crippen molar-refractivity contribution in [2.75, 3.05) is 7.11 Å². The van der Waals surface area contributed by atoms with E-state index in [9.17, 15) is 14.0 Å². The number of aromatic nitrogens is 3. The lowest BCUT2D eigenvalue weighted by molar-refractivity contribution is 0.0729. The number of benzene rings is 3. The predicted molar refractivity (Wildman–Crippen MR) is 136 cm³/mol. The van der Waals surface area contributed by atoms with Crippen LogP contribution < -0.4 is 14.9 Å². The molecule has 0 atom stereocenters. The molecule has 0 saturated carbocycles. The second kappa shape index (κ2) is 12.0. The Labute approximate surface area is 216 Å². The Hall–Kier alpha value is -4.51. The van der Waals surface area contributed by atoms with Gasteiger partial charge in [-0.1, -0.05) is 23.9 Å². The molecule has 9 nitrogen and oxygen atoms in total. The molecule has 11 heteroatoms. The normalized spacial score (nSPS) is 10.9. The van der Waals surface area contributed by atoms with Crippen molar-refractivity contribution in [2.45, 2.75) is 10.9 Å². The summed E-state index contributed by atoms with van der Waals surface area (Å²) in [6, 6.07) is 17.0. The average Bonchev–Trinajstić information content (AvgIpc) is 3.33. The topological polar surface area (TPSA) is 108 Å². The minimum Gasteiger partial charge on any atom is -0.493 e. The third-order valence-electron chi connectivity index (χ3n) is 5.10. The minimum absolute atomic E-state index is 0.190. The Morgan fingerprint density at radius 1 is 1.05 bits per heavy atom. The number of hydrogen-bond donors (Lipinski definition) is 1. The van der Waals surface area contributed by atoms with Gasteiger partial charge in [0.05, 0.1) is 18.9 Å². The maximum Gasteiger partial charge on any atom is 0.343 e. The highest BCUT2D eigenvalue weighted by Gasteiger charge is 2.13. The zero-order valence-corrected chi connectivity index (χ0v) is 20.7. The van der Waals surface area contributed by atoms with Gasteiger partial charge in [-0.2, -0.15) is 5.10 Å². The average molecular weight is 520 g/mol. The van der Waals surface area contributed by atoms with Gasteiger partial charge in [0.2, 0.25) is 0 Å². The summed E-state index contributed by atoms with van der Waals surface area (Å²) in [6.45, 7) is 0. The molecular formula is C26H22FN5O4S. The van der Waals surface area contributed by atoms with Gasteiger partial charge in [-0.3, -0.25) is 4.79 Å². The summed E-state index contributed by atoms with van der Waals surface area (Å²) < 4.78 is 25.6. The number of aryl methyl sites for hydroxylation is 1. The Kier molecular flexibility index (Phi) is 8.26. The quantitative estimate of drug-likeness (QED) is 0.116. The molecule has 188 valence electrons. The van der Waals surface area contributed by atoms with Gasteiger partial charge in [-0.15, -0.1) is 10.2 Å². The molecule has 0 fully saturated rings. The molecule has 4 aromatic rings. The molecule has 0 radical (unpaired) electrons. The predicted octanol–water partition coefficient (Wildman–Crippen LogP) is 4.24. The molecule has 1 amide bonds. The van der Waals surface area contributed by atoms with Crippen LogP contribution in [0.4, 0.5) is 4.39 Å². The van der Waals surface area contributed by atoms with Crippen LogP contribution in [0.5, 0.6) is 11.5 Å². The second-order valence-electron chi connectivity index (χ2n) is 7.72. The van der Waals surface area contributed by atoms with E-state index >= 15 is 0 Å². The van der Waals surface area contributed by atoms with Crippen LogP contribution in [0.15, 0.2) is 83.3 Å². The molecule has 37 heavy (non-hydrogen) atoms. The maximum absolute atomic E-state index is 13.1. The van der Waals surface area contributed by atoms with Crippen LogP contribution in [0, 0.1) is 5.82 Å². The van der Waals surface area contributed by atoms with Crippen LogP contribution in [0.3, 0.4) is 0 Å². The molecule has 0 aliphatic heterocycles. The number of ether oxygens (including phenoxy) is 2. The van der Waals surface area contributed by atoms with Crippen LogP contribution >= 0.6 is 11.8 Å². The fourth-order valence-corrected chi connectivity index (χ4v) is 3.97. The van der Waals surface area contributed by atoms with Crippen molar-refractivity contribution in [1.82, 2.24) is 20.2 Å². The third-order valence-corrected chi connectivity index (χ3v) is 6.21. The molecule has 0 aliphatic rings. The molecular weight excluding hydrogens is 497 g/mol. The SMILES string of the molecule is COc1cc(/C=N/NC(=O)c2ccc(CSc3nncn3C)cc2)ccc1OC(=O)c1ccc(F)cc1. The summed E-state index contributed by atoms with van der Waals surface area (Å²) in [5.74, 6) is -0.277. The second-order valence-corrected chi connectivity index (χ2v) is 8.66. The van der Waals surface area contributed by atoms with Crippen molar-refractivity contribution in [2.24, 2.45) is 12.1 Å². The van der Waals surface area contributed by atoms with E-state index in [4.69, 9.17) is 9.47 Å². The molecule has 0 aliphatic carbocycles. The number of hydrogen-bond acceptors (Lipinski definition) is 8. The summed E-state index contributed by atoms with van der Waals surface area (Å²) in [6.07, 6.45) is 3.09. The highest BCUT2D eigenvalue weighted by molar-refractivity contribution is 7.98. The van der Waals surface area contributed by atoms with Crippen molar-refractivity contribution >= 4 is 29.9 Å². The van der Waals surface area contributed by atoms with E-state index < -0.39 is 11.8 Å². The fraction of sp³-hybridized carbons (Fsp3) is 0.115. The zero-order valence-electron chi connectivity index (χ0n) is 19.9. The van der Waals surface area contributed by atoms with E-state index in [-0.39, 0.29) is 17.2 Å². The van der Waals surface area contributed by atoms with Crippen LogP contribution in [-0.4, -0.2) is 40.0 Å². The molecule has 0 saturated heterocycles. The first-order valence-electron chi connectivity index (χ1n) is 11.0. The van der Waals surface area contributed by atoms with Crippen molar-refractivity contribution in [3.63, 3.8) is 0 Å². The van der Waals surface area contributed by atoms with Gasteiger partial charge in [-0.05, 0) is 65.7 Å². The largest absolute Gasteiger partial charge is 0.493 e. The lowest BCUT2D eigenvalue weighted by Gasteiger charge is -2.10. The van der Waals surface area contributed by atoms with E-state index in [0.29, 0.717) is 22.6 Å². The van der Waals surface area contributed by atoms with E-state index in [1.165, 1.54) is 37.6 Å². The maximum atomic E-state index is 13.1. The van der Waals surface area contributed by atoms with Gasteiger partial charge in [0.25, 0.3) is 5.91 Å². The number of esters is 1. The summed E-state index contributed by atoms with van der Waals surface area (Å²) in [4.78, 5) is 24.7. The first-order chi connectivity index (χ1) is 17.9. The number of halogens is 1. The summed E-state index contributed by atoms with van der Waals surface area (Å²) in [5, 5.41) is 12.7. The smallest absolute Gasteiger partial charge is 0.343 e. The molecule has 0 unspecified atom stereocenters. The van der Waals surface area contributed by atoms with E-state index in [1.54, 1.807) is 48.4 Å². The van der Waals surface area contributed by atoms with Crippen LogP contribution in [0.1, 0.15) is 31.8 Å². The highest BCUT2D eigenvalue weighted by atomic mass is 32.2. The number of methoxy groups -OCH3 is 1. The van der Waals surface area contributed by atoms with Crippen LogP contribution in [0.2, 0.25) is 0 Å². The number of thioether (sulfide) groups is 1. The third kappa shape index (κ3) is 6.79. The summed E-state index contributed by atoms with van der Waals surface area (Å²) in [5.41, 5.74) is 4.80. The first kappa shape index (κ1) is 25.6. The van der Waals surface area contributed by atoms with Crippen molar-refractivity contribution in [3.05, 3.63) is 101 Å². The monoisotopic (exact) mass is 519 g/mol. The van der Waals surface area contributed by atoms with Gasteiger partial charge in [0.15, 0.2) is 16.7 Å². The summed E-state index contributed by atoms with van der Waals surface area (Å²) in [7, 11) is 3.31. The van der Waals surface area contributed by atoms with Crippen molar-refractivity contribution in [1.29, 1.82) is 0 Å². The van der Waals surface area contributed by atoms with E-state index in [2.05, 4.69) is 20.7 Å². The fourth-order valence-electron chi connectivity index (χ4n) is 3.13. The Bertz CT molecular complexity index is 1420. The Morgan fingerprint density at radius 2 is 1.78 bits per heavy atom.